The molecule has 0 spiro atoms. The number of carbonyl (C=O) groups is 1. The van der Waals surface area contributed by atoms with E-state index in [4.69, 9.17) is 4.74 Å². The Balaban J connectivity index is 1.69. The van der Waals surface area contributed by atoms with Crippen LogP contribution >= 0.6 is 15.9 Å². The van der Waals surface area contributed by atoms with Crippen molar-refractivity contribution in [3.8, 4) is 0 Å². The van der Waals surface area contributed by atoms with Gasteiger partial charge in [0.1, 0.15) is 6.10 Å². The molecular weight excluding hydrogens is 356 g/mol. The normalized spacial score (nSPS) is 58.8. The van der Waals surface area contributed by atoms with Gasteiger partial charge in [-0.2, -0.15) is 0 Å². The molecule has 0 aromatic carbocycles. The van der Waals surface area contributed by atoms with Crippen molar-refractivity contribution < 1.29 is 14.6 Å². The smallest absolute Gasteiger partial charge is 0.306 e. The molecule has 0 bridgehead atoms. The first-order chi connectivity index (χ1) is 10.7. The van der Waals surface area contributed by atoms with E-state index in [0.717, 1.165) is 38.5 Å². The first-order valence-corrected chi connectivity index (χ1v) is 10.2. The second-order valence-corrected chi connectivity index (χ2v) is 10.5. The van der Waals surface area contributed by atoms with Crippen molar-refractivity contribution in [2.24, 2.45) is 28.6 Å². The van der Waals surface area contributed by atoms with Crippen LogP contribution in [-0.2, 0) is 9.53 Å². The molecule has 3 unspecified atom stereocenters. The third-order valence-corrected chi connectivity index (χ3v) is 9.30. The van der Waals surface area contributed by atoms with Gasteiger partial charge in [0, 0.05) is 11.8 Å². The maximum absolute atomic E-state index is 11.8. The van der Waals surface area contributed by atoms with Gasteiger partial charge < -0.3 is 9.84 Å². The average Bonchev–Trinajstić information content (AvgIpc) is 2.72. The molecular formula is C19H29BrO3. The predicted octanol–water partition coefficient (Wildman–Crippen LogP) is 4.06. The third-order valence-electron chi connectivity index (χ3n) is 8.45. The molecule has 4 fully saturated rings. The molecule has 3 saturated carbocycles. The number of hydrogen-bond acceptors (Lipinski definition) is 3. The number of rotatable bonds is 0. The Kier molecular flexibility index (Phi) is 3.54. The molecule has 0 aromatic heterocycles. The van der Waals surface area contributed by atoms with Crippen LogP contribution in [0.4, 0.5) is 0 Å². The zero-order chi connectivity index (χ0) is 16.6. The Hall–Kier alpha value is -0.0900. The largest absolute Gasteiger partial charge is 0.461 e. The van der Waals surface area contributed by atoms with Crippen molar-refractivity contribution in [1.82, 2.24) is 0 Å². The quantitative estimate of drug-likeness (QED) is 0.505. The lowest BCUT2D eigenvalue weighted by Crippen LogP contribution is -2.61. The molecule has 1 heterocycles. The van der Waals surface area contributed by atoms with E-state index in [-0.39, 0.29) is 27.7 Å². The van der Waals surface area contributed by atoms with Crippen LogP contribution in [0, 0.1) is 28.6 Å². The van der Waals surface area contributed by atoms with Gasteiger partial charge in [0.05, 0.1) is 10.4 Å². The van der Waals surface area contributed by atoms with Gasteiger partial charge >= 0.3 is 5.97 Å². The van der Waals surface area contributed by atoms with E-state index in [0.29, 0.717) is 24.2 Å². The molecule has 0 amide bonds. The van der Waals surface area contributed by atoms with E-state index in [9.17, 15) is 9.90 Å². The molecule has 130 valence electrons. The summed E-state index contributed by atoms with van der Waals surface area (Å²) in [4.78, 5) is 12.1. The van der Waals surface area contributed by atoms with Crippen LogP contribution in [0.3, 0.4) is 0 Å². The van der Waals surface area contributed by atoms with E-state index in [1.165, 1.54) is 0 Å². The lowest BCUT2D eigenvalue weighted by Gasteiger charge is -2.61. The second kappa shape index (κ2) is 4.97. The summed E-state index contributed by atoms with van der Waals surface area (Å²) in [7, 11) is 0. The van der Waals surface area contributed by atoms with Crippen LogP contribution in [0.15, 0.2) is 0 Å². The maximum atomic E-state index is 11.8. The molecule has 4 aliphatic rings. The number of esters is 1. The molecule has 0 aromatic rings. The Labute approximate surface area is 147 Å². The highest BCUT2D eigenvalue weighted by Gasteiger charge is 2.65. The van der Waals surface area contributed by atoms with Gasteiger partial charge in [0.25, 0.3) is 0 Å². The highest BCUT2D eigenvalue weighted by molar-refractivity contribution is 9.09. The van der Waals surface area contributed by atoms with Gasteiger partial charge in [0.15, 0.2) is 0 Å². The minimum atomic E-state index is -0.527. The summed E-state index contributed by atoms with van der Waals surface area (Å²) in [5.41, 5.74) is -0.378. The van der Waals surface area contributed by atoms with Gasteiger partial charge in [0.2, 0.25) is 0 Å². The van der Waals surface area contributed by atoms with E-state index < -0.39 is 5.60 Å². The number of alkyl halides is 1. The van der Waals surface area contributed by atoms with Gasteiger partial charge in [-0.25, -0.2) is 0 Å². The molecule has 1 N–H and O–H groups in total. The molecule has 1 aliphatic heterocycles. The standard InChI is InChI=1S/C19H29BrO3/c1-17-7-6-15(21)23-16(17)14(20)10-11-12(17)4-8-18(2)13(11)5-9-19(18,3)22/h11-14,16,22H,4-10H2,1-3H3/t11?,12?,13?,14-,16+,17+,18-,19-/m0/s1. The van der Waals surface area contributed by atoms with Crippen molar-refractivity contribution in [2.45, 2.75) is 82.2 Å². The van der Waals surface area contributed by atoms with Crippen molar-refractivity contribution in [3.63, 3.8) is 0 Å². The Morgan fingerprint density at radius 2 is 1.83 bits per heavy atom. The van der Waals surface area contributed by atoms with Gasteiger partial charge in [-0.05, 0) is 68.6 Å². The zero-order valence-corrected chi connectivity index (χ0v) is 16.1. The lowest BCUT2D eigenvalue weighted by atomic mass is 9.47. The van der Waals surface area contributed by atoms with Gasteiger partial charge in [-0.1, -0.05) is 29.8 Å². The average molecular weight is 385 g/mol. The van der Waals surface area contributed by atoms with Crippen molar-refractivity contribution in [3.05, 3.63) is 0 Å². The Morgan fingerprint density at radius 3 is 2.57 bits per heavy atom. The van der Waals surface area contributed by atoms with Crippen LogP contribution in [0.2, 0.25) is 0 Å². The van der Waals surface area contributed by atoms with Crippen molar-refractivity contribution in [1.29, 1.82) is 0 Å². The molecule has 4 rings (SSSR count). The molecule has 3 nitrogen and oxygen atoms in total. The Bertz CT molecular complexity index is 533. The van der Waals surface area contributed by atoms with E-state index in [1.807, 2.05) is 0 Å². The summed E-state index contributed by atoms with van der Waals surface area (Å²) in [6.45, 7) is 6.72. The number of aliphatic hydroxyl groups is 1. The SMILES string of the molecule is C[C@]1(O)CCC2C3C[C@H](Br)[C@H]4OC(=O)CC[C@]4(C)C3CC[C@@]21C. The monoisotopic (exact) mass is 384 g/mol. The fourth-order valence-electron chi connectivity index (χ4n) is 6.79. The molecule has 8 atom stereocenters. The minimum absolute atomic E-state index is 0.0243. The number of hydrogen-bond donors (Lipinski definition) is 1. The minimum Gasteiger partial charge on any atom is -0.461 e. The van der Waals surface area contributed by atoms with Crippen molar-refractivity contribution >= 4 is 21.9 Å². The zero-order valence-electron chi connectivity index (χ0n) is 14.5. The number of fused-ring (bicyclic) bond motifs is 5. The summed E-state index contributed by atoms with van der Waals surface area (Å²) in [6, 6.07) is 0. The molecule has 3 aliphatic carbocycles. The van der Waals surface area contributed by atoms with E-state index in [2.05, 4.69) is 36.7 Å². The fraction of sp³-hybridized carbons (Fsp3) is 0.947. The summed E-state index contributed by atoms with van der Waals surface area (Å²) >= 11 is 3.86. The topological polar surface area (TPSA) is 46.5 Å². The van der Waals surface area contributed by atoms with Crippen LogP contribution in [0.25, 0.3) is 0 Å². The van der Waals surface area contributed by atoms with Gasteiger partial charge in [-0.3, -0.25) is 4.79 Å². The van der Waals surface area contributed by atoms with E-state index in [1.54, 1.807) is 0 Å². The number of ether oxygens (including phenoxy) is 1. The first kappa shape index (κ1) is 16.4. The number of carbonyl (C=O) groups excluding carboxylic acids is 1. The van der Waals surface area contributed by atoms with E-state index >= 15 is 0 Å². The van der Waals surface area contributed by atoms with Crippen LogP contribution < -0.4 is 0 Å². The number of halogens is 1. The summed E-state index contributed by atoms with van der Waals surface area (Å²) < 4.78 is 5.80. The highest BCUT2D eigenvalue weighted by atomic mass is 79.9. The summed E-state index contributed by atoms with van der Waals surface area (Å²) in [6.07, 6.45) is 6.97. The summed E-state index contributed by atoms with van der Waals surface area (Å²) in [5.74, 6) is 1.85. The van der Waals surface area contributed by atoms with Crippen molar-refractivity contribution in [2.75, 3.05) is 0 Å². The first-order valence-electron chi connectivity index (χ1n) is 9.25. The fourth-order valence-corrected chi connectivity index (χ4v) is 7.94. The lowest BCUT2D eigenvalue weighted by molar-refractivity contribution is -0.194. The third kappa shape index (κ3) is 2.06. The predicted molar refractivity (Wildman–Crippen MR) is 92.2 cm³/mol. The second-order valence-electron chi connectivity index (χ2n) is 9.31. The maximum Gasteiger partial charge on any atom is 0.306 e. The molecule has 1 saturated heterocycles. The van der Waals surface area contributed by atoms with Crippen LogP contribution in [0.1, 0.15) is 65.7 Å². The molecule has 23 heavy (non-hydrogen) atoms. The van der Waals surface area contributed by atoms with Gasteiger partial charge in [-0.15, -0.1) is 0 Å². The summed E-state index contributed by atoms with van der Waals surface area (Å²) in [5, 5.41) is 11.0. The molecule has 4 heteroatoms. The highest BCUT2D eigenvalue weighted by Crippen LogP contribution is 2.67. The Morgan fingerprint density at radius 1 is 1.13 bits per heavy atom. The van der Waals surface area contributed by atoms with Crippen LogP contribution in [0.5, 0.6) is 0 Å². The molecule has 0 radical (unpaired) electrons. The van der Waals surface area contributed by atoms with Crippen LogP contribution in [-0.4, -0.2) is 27.6 Å².